The summed E-state index contributed by atoms with van der Waals surface area (Å²) in [5.41, 5.74) is 1.00. The van der Waals surface area contributed by atoms with Gasteiger partial charge < -0.3 is 9.26 Å². The SMILES string of the molecule is Cc1noc(C(C)OC(=O)c2sccc2C(C)C)n1. The quantitative estimate of drug-likeness (QED) is 0.802. The van der Waals surface area contributed by atoms with Gasteiger partial charge in [0.15, 0.2) is 11.9 Å². The number of aromatic nitrogens is 2. The van der Waals surface area contributed by atoms with Gasteiger partial charge in [0, 0.05) is 0 Å². The second-order valence-electron chi connectivity index (χ2n) is 4.59. The molecular formula is C13H16N2O3S. The number of thiophene rings is 1. The third kappa shape index (κ3) is 3.01. The van der Waals surface area contributed by atoms with Crippen molar-refractivity contribution in [2.24, 2.45) is 0 Å². The van der Waals surface area contributed by atoms with Gasteiger partial charge in [0.25, 0.3) is 5.89 Å². The predicted molar refractivity (Wildman–Crippen MR) is 71.3 cm³/mol. The lowest BCUT2D eigenvalue weighted by Crippen LogP contribution is -2.10. The molecule has 2 heterocycles. The van der Waals surface area contributed by atoms with Crippen molar-refractivity contribution in [3.05, 3.63) is 33.6 Å². The van der Waals surface area contributed by atoms with Crippen molar-refractivity contribution in [2.45, 2.75) is 39.7 Å². The monoisotopic (exact) mass is 280 g/mol. The van der Waals surface area contributed by atoms with E-state index in [1.165, 1.54) is 11.3 Å². The third-order valence-electron chi connectivity index (χ3n) is 2.68. The van der Waals surface area contributed by atoms with Gasteiger partial charge in [-0.1, -0.05) is 19.0 Å². The molecule has 1 unspecified atom stereocenters. The maximum atomic E-state index is 12.1. The van der Waals surface area contributed by atoms with Crippen LogP contribution in [0.15, 0.2) is 16.0 Å². The van der Waals surface area contributed by atoms with Crippen LogP contribution in [0.5, 0.6) is 0 Å². The molecule has 19 heavy (non-hydrogen) atoms. The van der Waals surface area contributed by atoms with Crippen LogP contribution in [0.4, 0.5) is 0 Å². The lowest BCUT2D eigenvalue weighted by Gasteiger charge is -2.10. The van der Waals surface area contributed by atoms with E-state index < -0.39 is 6.10 Å². The summed E-state index contributed by atoms with van der Waals surface area (Å²) in [4.78, 5) is 16.8. The zero-order chi connectivity index (χ0) is 14.0. The lowest BCUT2D eigenvalue weighted by atomic mass is 10.0. The fourth-order valence-corrected chi connectivity index (χ4v) is 2.62. The number of carbonyl (C=O) groups excluding carboxylic acids is 1. The molecule has 2 aromatic heterocycles. The summed E-state index contributed by atoms with van der Waals surface area (Å²) in [5, 5.41) is 5.57. The molecule has 102 valence electrons. The summed E-state index contributed by atoms with van der Waals surface area (Å²) in [5.74, 6) is 0.780. The molecule has 0 aliphatic carbocycles. The average Bonchev–Trinajstić information content (AvgIpc) is 2.96. The number of hydrogen-bond acceptors (Lipinski definition) is 6. The summed E-state index contributed by atoms with van der Waals surface area (Å²) in [7, 11) is 0. The highest BCUT2D eigenvalue weighted by Gasteiger charge is 2.22. The van der Waals surface area contributed by atoms with Crippen molar-refractivity contribution >= 4 is 17.3 Å². The Morgan fingerprint density at radius 1 is 1.42 bits per heavy atom. The molecule has 0 saturated heterocycles. The number of esters is 1. The highest BCUT2D eigenvalue weighted by Crippen LogP contribution is 2.27. The van der Waals surface area contributed by atoms with E-state index in [0.717, 1.165) is 5.56 Å². The van der Waals surface area contributed by atoms with E-state index in [-0.39, 0.29) is 11.9 Å². The Morgan fingerprint density at radius 3 is 2.74 bits per heavy atom. The molecule has 6 heteroatoms. The number of hydrogen-bond donors (Lipinski definition) is 0. The Balaban J connectivity index is 2.10. The third-order valence-corrected chi connectivity index (χ3v) is 3.59. The van der Waals surface area contributed by atoms with Gasteiger partial charge in [-0.2, -0.15) is 4.98 Å². The van der Waals surface area contributed by atoms with Crippen molar-refractivity contribution in [1.29, 1.82) is 0 Å². The van der Waals surface area contributed by atoms with Gasteiger partial charge in [-0.25, -0.2) is 4.79 Å². The number of carbonyl (C=O) groups is 1. The summed E-state index contributed by atoms with van der Waals surface area (Å²) >= 11 is 1.39. The Kier molecular flexibility index (Phi) is 3.99. The van der Waals surface area contributed by atoms with Crippen LogP contribution >= 0.6 is 11.3 Å². The topological polar surface area (TPSA) is 65.2 Å². The second kappa shape index (κ2) is 5.52. The maximum Gasteiger partial charge on any atom is 0.349 e. The highest BCUT2D eigenvalue weighted by molar-refractivity contribution is 7.12. The normalized spacial score (nSPS) is 12.7. The maximum absolute atomic E-state index is 12.1. The van der Waals surface area contributed by atoms with Crippen LogP contribution in [0.3, 0.4) is 0 Å². The van der Waals surface area contributed by atoms with Crippen LogP contribution in [-0.4, -0.2) is 16.1 Å². The number of rotatable bonds is 4. The van der Waals surface area contributed by atoms with Crippen LogP contribution in [-0.2, 0) is 4.74 Å². The van der Waals surface area contributed by atoms with Gasteiger partial charge >= 0.3 is 5.97 Å². The van der Waals surface area contributed by atoms with E-state index in [2.05, 4.69) is 10.1 Å². The Labute approximate surface area is 115 Å². The molecule has 0 spiro atoms. The van der Waals surface area contributed by atoms with E-state index in [1.54, 1.807) is 13.8 Å². The first-order valence-electron chi connectivity index (χ1n) is 6.07. The first kappa shape index (κ1) is 13.7. The molecule has 0 aliphatic heterocycles. The summed E-state index contributed by atoms with van der Waals surface area (Å²) in [6, 6.07) is 1.95. The van der Waals surface area contributed by atoms with E-state index >= 15 is 0 Å². The second-order valence-corrected chi connectivity index (χ2v) is 5.50. The summed E-state index contributed by atoms with van der Waals surface area (Å²) in [6.45, 7) is 7.53. The molecule has 0 saturated carbocycles. The van der Waals surface area contributed by atoms with Crippen molar-refractivity contribution in [3.8, 4) is 0 Å². The van der Waals surface area contributed by atoms with Gasteiger partial charge in [-0.3, -0.25) is 0 Å². The fraction of sp³-hybridized carbons (Fsp3) is 0.462. The Morgan fingerprint density at radius 2 is 2.16 bits per heavy atom. The van der Waals surface area contributed by atoms with Gasteiger partial charge in [0.2, 0.25) is 0 Å². The zero-order valence-corrected chi connectivity index (χ0v) is 12.2. The van der Waals surface area contributed by atoms with Gasteiger partial charge in [-0.05, 0) is 36.8 Å². The van der Waals surface area contributed by atoms with E-state index in [9.17, 15) is 4.79 Å². The van der Waals surface area contributed by atoms with Crippen molar-refractivity contribution in [3.63, 3.8) is 0 Å². The molecule has 0 radical (unpaired) electrons. The van der Waals surface area contributed by atoms with Crippen LogP contribution in [0.25, 0.3) is 0 Å². The molecule has 0 aromatic carbocycles. The van der Waals surface area contributed by atoms with Crippen molar-refractivity contribution in [2.75, 3.05) is 0 Å². The summed E-state index contributed by atoms with van der Waals surface area (Å²) in [6.07, 6.45) is -0.546. The van der Waals surface area contributed by atoms with E-state index in [1.807, 2.05) is 25.3 Å². The molecule has 0 amide bonds. The molecule has 0 fully saturated rings. The minimum atomic E-state index is -0.546. The highest BCUT2D eigenvalue weighted by atomic mass is 32.1. The van der Waals surface area contributed by atoms with E-state index in [4.69, 9.17) is 9.26 Å². The molecule has 0 N–H and O–H groups in total. The molecule has 2 rings (SSSR count). The predicted octanol–water partition coefficient (Wildman–Crippen LogP) is 3.48. The molecule has 2 aromatic rings. The van der Waals surface area contributed by atoms with Crippen LogP contribution < -0.4 is 0 Å². The van der Waals surface area contributed by atoms with Crippen LogP contribution in [0.2, 0.25) is 0 Å². The first-order valence-corrected chi connectivity index (χ1v) is 6.95. The molecule has 1 atom stereocenters. The smallest absolute Gasteiger partial charge is 0.349 e. The van der Waals surface area contributed by atoms with E-state index in [0.29, 0.717) is 16.6 Å². The largest absolute Gasteiger partial charge is 0.448 e. The standard InChI is InChI=1S/C13H16N2O3S/c1-7(2)10-5-6-19-11(10)13(16)17-8(3)12-14-9(4)15-18-12/h5-8H,1-4H3. The van der Waals surface area contributed by atoms with Gasteiger partial charge in [0.05, 0.1) is 0 Å². The number of nitrogens with zero attached hydrogens (tertiary/aromatic N) is 2. The summed E-state index contributed by atoms with van der Waals surface area (Å²) < 4.78 is 10.3. The number of aryl methyl sites for hydroxylation is 1. The molecule has 0 aliphatic rings. The van der Waals surface area contributed by atoms with Crippen LogP contribution in [0.1, 0.15) is 59.7 Å². The minimum absolute atomic E-state index is 0.287. The average molecular weight is 280 g/mol. The molecular weight excluding hydrogens is 264 g/mol. The minimum Gasteiger partial charge on any atom is -0.448 e. The Hall–Kier alpha value is -1.69. The van der Waals surface area contributed by atoms with Gasteiger partial charge in [-0.15, -0.1) is 11.3 Å². The Bertz CT molecular complexity index is 574. The van der Waals surface area contributed by atoms with Crippen molar-refractivity contribution < 1.29 is 14.1 Å². The molecule has 5 nitrogen and oxygen atoms in total. The first-order chi connectivity index (χ1) is 8.99. The molecule has 0 bridgehead atoms. The number of ether oxygens (including phenoxy) is 1. The zero-order valence-electron chi connectivity index (χ0n) is 11.3. The van der Waals surface area contributed by atoms with Crippen LogP contribution in [0, 0.1) is 6.92 Å². The lowest BCUT2D eigenvalue weighted by molar-refractivity contribution is 0.0269. The van der Waals surface area contributed by atoms with Gasteiger partial charge in [0.1, 0.15) is 4.88 Å². The fourth-order valence-electron chi connectivity index (χ4n) is 1.68. The van der Waals surface area contributed by atoms with Crippen molar-refractivity contribution in [1.82, 2.24) is 10.1 Å².